The molecule has 0 radical (unpaired) electrons. The average Bonchev–Trinajstić information content (AvgIpc) is 2.78. The minimum Gasteiger partial charge on any atom is -0.493 e. The molecule has 0 fully saturated rings. The van der Waals surface area contributed by atoms with Crippen molar-refractivity contribution in [2.24, 2.45) is 5.92 Å². The van der Waals surface area contributed by atoms with Gasteiger partial charge in [0.1, 0.15) is 5.82 Å². The number of carbonyl (C=O) groups excluding carboxylic acids is 1. The molecule has 1 aromatic carbocycles. The number of benzene rings is 1. The third-order valence-corrected chi connectivity index (χ3v) is 5.37. The fourth-order valence-electron chi connectivity index (χ4n) is 3.72. The van der Waals surface area contributed by atoms with Gasteiger partial charge in [0.25, 0.3) is 5.56 Å². The molecule has 3 N–H and O–H groups in total. The number of ether oxygens (including phenoxy) is 2. The van der Waals surface area contributed by atoms with Gasteiger partial charge in [-0.1, -0.05) is 33.3 Å². The Labute approximate surface area is 200 Å². The number of H-pyrrole nitrogens is 1. The van der Waals surface area contributed by atoms with Gasteiger partial charge < -0.3 is 20.1 Å². The molecule has 2 rings (SSSR count). The van der Waals surface area contributed by atoms with Crippen LogP contribution in [0, 0.1) is 5.92 Å². The molecule has 10 heteroatoms. The Hall–Kier alpha value is -3.27. The largest absolute Gasteiger partial charge is 0.493 e. The van der Waals surface area contributed by atoms with Crippen molar-refractivity contribution in [2.45, 2.75) is 46.7 Å². The highest BCUT2D eigenvalue weighted by Gasteiger charge is 2.25. The van der Waals surface area contributed by atoms with Crippen LogP contribution < -0.4 is 31.4 Å². The highest BCUT2D eigenvalue weighted by molar-refractivity contribution is 5.96. The van der Waals surface area contributed by atoms with E-state index in [1.807, 2.05) is 50.9 Å². The number of nitrogen functional groups attached to an aromatic ring is 1. The molecule has 1 aromatic heterocycles. The number of anilines is 2. The number of likely N-dealkylation sites (N-methyl/N-ethyl adjacent to an activating group) is 1. The molecule has 0 unspecified atom stereocenters. The van der Waals surface area contributed by atoms with E-state index in [0.29, 0.717) is 37.6 Å². The normalized spacial score (nSPS) is 11.2. The SMILES string of the molecule is CCCCN(C(=O)CN(C)Cc1ccc(OC)c(OC)c1)c1c(N)n(CC(C)C)c(=O)[nH]c1=O. The van der Waals surface area contributed by atoms with E-state index in [0.717, 1.165) is 12.0 Å². The van der Waals surface area contributed by atoms with Gasteiger partial charge in [0.15, 0.2) is 17.2 Å². The molecule has 0 aliphatic carbocycles. The highest BCUT2D eigenvalue weighted by atomic mass is 16.5. The van der Waals surface area contributed by atoms with Crippen LogP contribution in [0.3, 0.4) is 0 Å². The van der Waals surface area contributed by atoms with Crippen LogP contribution in [0.5, 0.6) is 11.5 Å². The van der Waals surface area contributed by atoms with Crippen molar-refractivity contribution in [3.63, 3.8) is 0 Å². The van der Waals surface area contributed by atoms with Gasteiger partial charge in [-0.05, 0) is 37.1 Å². The molecule has 0 aliphatic rings. The van der Waals surface area contributed by atoms with E-state index in [9.17, 15) is 14.4 Å². The van der Waals surface area contributed by atoms with Gasteiger partial charge in [0.2, 0.25) is 5.91 Å². The monoisotopic (exact) mass is 475 g/mol. The summed E-state index contributed by atoms with van der Waals surface area (Å²) >= 11 is 0. The van der Waals surface area contributed by atoms with Gasteiger partial charge in [-0.25, -0.2) is 4.79 Å². The lowest BCUT2D eigenvalue weighted by atomic mass is 10.2. The molecule has 188 valence electrons. The lowest BCUT2D eigenvalue weighted by molar-refractivity contribution is -0.119. The zero-order chi connectivity index (χ0) is 25.4. The zero-order valence-electron chi connectivity index (χ0n) is 21.0. The van der Waals surface area contributed by atoms with E-state index < -0.39 is 11.2 Å². The number of amides is 1. The second kappa shape index (κ2) is 12.3. The quantitative estimate of drug-likeness (QED) is 0.482. The smallest absolute Gasteiger partial charge is 0.330 e. The molecular weight excluding hydrogens is 438 g/mol. The third-order valence-electron chi connectivity index (χ3n) is 5.37. The van der Waals surface area contributed by atoms with E-state index >= 15 is 0 Å². The Balaban J connectivity index is 2.31. The maximum Gasteiger partial charge on any atom is 0.330 e. The summed E-state index contributed by atoms with van der Waals surface area (Å²) in [6, 6.07) is 5.58. The summed E-state index contributed by atoms with van der Waals surface area (Å²) < 4.78 is 12.0. The summed E-state index contributed by atoms with van der Waals surface area (Å²) in [7, 11) is 4.96. The van der Waals surface area contributed by atoms with Crippen LogP contribution in [-0.2, 0) is 17.9 Å². The van der Waals surface area contributed by atoms with E-state index in [4.69, 9.17) is 15.2 Å². The van der Waals surface area contributed by atoms with E-state index in [1.54, 1.807) is 14.2 Å². The number of carbonyl (C=O) groups is 1. The number of aromatic amines is 1. The van der Waals surface area contributed by atoms with E-state index in [2.05, 4.69) is 4.98 Å². The Morgan fingerprint density at radius 2 is 1.85 bits per heavy atom. The third kappa shape index (κ3) is 6.63. The van der Waals surface area contributed by atoms with Crippen LogP contribution in [0.4, 0.5) is 11.5 Å². The maximum atomic E-state index is 13.3. The first-order chi connectivity index (χ1) is 16.1. The van der Waals surface area contributed by atoms with Gasteiger partial charge in [-0.15, -0.1) is 0 Å². The zero-order valence-corrected chi connectivity index (χ0v) is 21.0. The predicted octanol–water partition coefficient (Wildman–Crippen LogP) is 2.06. The molecule has 2 aromatic rings. The molecule has 0 spiro atoms. The highest BCUT2D eigenvalue weighted by Crippen LogP contribution is 2.28. The Morgan fingerprint density at radius 1 is 1.18 bits per heavy atom. The molecule has 0 atom stereocenters. The number of nitrogens with zero attached hydrogens (tertiary/aromatic N) is 3. The Morgan fingerprint density at radius 3 is 2.44 bits per heavy atom. The second-order valence-electron chi connectivity index (χ2n) is 8.76. The van der Waals surface area contributed by atoms with Crippen molar-refractivity contribution < 1.29 is 14.3 Å². The summed E-state index contributed by atoms with van der Waals surface area (Å²) in [6.45, 7) is 7.08. The van der Waals surface area contributed by atoms with Crippen molar-refractivity contribution in [3.8, 4) is 11.5 Å². The van der Waals surface area contributed by atoms with Crippen LogP contribution in [0.15, 0.2) is 27.8 Å². The summed E-state index contributed by atoms with van der Waals surface area (Å²) in [6.07, 6.45) is 1.52. The molecule has 0 saturated carbocycles. The van der Waals surface area contributed by atoms with E-state index in [1.165, 1.54) is 9.47 Å². The fraction of sp³-hybridized carbons (Fsp3) is 0.542. The summed E-state index contributed by atoms with van der Waals surface area (Å²) in [5.41, 5.74) is 6.00. The van der Waals surface area contributed by atoms with Crippen LogP contribution in [0.25, 0.3) is 0 Å². The van der Waals surface area contributed by atoms with E-state index in [-0.39, 0.29) is 29.9 Å². The van der Waals surface area contributed by atoms with Gasteiger partial charge in [-0.2, -0.15) is 0 Å². The van der Waals surface area contributed by atoms with Crippen LogP contribution in [-0.4, -0.2) is 54.7 Å². The molecule has 0 saturated heterocycles. The minimum absolute atomic E-state index is 0.00875. The summed E-state index contributed by atoms with van der Waals surface area (Å²) in [4.78, 5) is 44.0. The lowest BCUT2D eigenvalue weighted by Gasteiger charge is -2.27. The van der Waals surface area contributed by atoms with Crippen molar-refractivity contribution in [1.29, 1.82) is 0 Å². The first-order valence-corrected chi connectivity index (χ1v) is 11.4. The number of hydrogen-bond donors (Lipinski definition) is 2. The number of nitrogens with two attached hydrogens (primary N) is 1. The molecule has 0 aliphatic heterocycles. The summed E-state index contributed by atoms with van der Waals surface area (Å²) in [5.74, 6) is 1.10. The van der Waals surface area contributed by atoms with Crippen LogP contribution in [0.2, 0.25) is 0 Å². The molecule has 0 bridgehead atoms. The van der Waals surface area contributed by atoms with Gasteiger partial charge in [0.05, 0.1) is 20.8 Å². The fourth-order valence-corrected chi connectivity index (χ4v) is 3.72. The number of methoxy groups -OCH3 is 2. The Kier molecular flexibility index (Phi) is 9.73. The molecule has 34 heavy (non-hydrogen) atoms. The number of aromatic nitrogens is 2. The average molecular weight is 476 g/mol. The molecule has 1 heterocycles. The Bertz CT molecular complexity index is 1090. The molecular formula is C24H37N5O5. The van der Waals surface area contributed by atoms with Crippen LogP contribution in [0.1, 0.15) is 39.2 Å². The molecule has 10 nitrogen and oxygen atoms in total. The predicted molar refractivity (Wildman–Crippen MR) is 134 cm³/mol. The van der Waals surface area contributed by atoms with Gasteiger partial charge in [-0.3, -0.25) is 24.0 Å². The maximum absolute atomic E-state index is 13.3. The number of nitrogens with one attached hydrogen (secondary N) is 1. The van der Waals surface area contributed by atoms with Gasteiger partial charge >= 0.3 is 5.69 Å². The molecule has 1 amide bonds. The minimum atomic E-state index is -0.658. The topological polar surface area (TPSA) is 123 Å². The first kappa shape index (κ1) is 27.0. The van der Waals surface area contributed by atoms with Gasteiger partial charge in [0, 0.05) is 19.6 Å². The van der Waals surface area contributed by atoms with Crippen molar-refractivity contribution >= 4 is 17.4 Å². The van der Waals surface area contributed by atoms with Crippen molar-refractivity contribution in [2.75, 3.05) is 45.0 Å². The van der Waals surface area contributed by atoms with Crippen molar-refractivity contribution in [3.05, 3.63) is 44.6 Å². The standard InChI is InChI=1S/C24H37N5O5/c1-7-8-11-28(21-22(25)29(13-16(2)3)24(32)26-23(21)31)20(30)15-27(4)14-17-9-10-18(33-5)19(12-17)34-6/h9-10,12,16H,7-8,11,13-15,25H2,1-6H3,(H,26,31,32). The lowest BCUT2D eigenvalue weighted by Crippen LogP contribution is -2.45. The van der Waals surface area contributed by atoms with Crippen LogP contribution >= 0.6 is 0 Å². The second-order valence-corrected chi connectivity index (χ2v) is 8.76. The number of rotatable bonds is 12. The number of hydrogen-bond acceptors (Lipinski definition) is 7. The van der Waals surface area contributed by atoms with Crippen molar-refractivity contribution in [1.82, 2.24) is 14.5 Å². The first-order valence-electron chi connectivity index (χ1n) is 11.4. The summed E-state index contributed by atoms with van der Waals surface area (Å²) in [5, 5.41) is 0. The number of unbranched alkanes of at least 4 members (excludes halogenated alkanes) is 1.